The number of aromatic nitrogens is 7. The van der Waals surface area contributed by atoms with E-state index >= 15 is 13.6 Å². The molecule has 348 valence electrons. The van der Waals surface area contributed by atoms with Crippen LogP contribution in [0.4, 0.5) is 32.2 Å². The lowest BCUT2D eigenvalue weighted by Crippen LogP contribution is -2.38. The summed E-state index contributed by atoms with van der Waals surface area (Å²) in [7, 11) is -2.47. The highest BCUT2D eigenvalue weighted by Crippen LogP contribution is 2.68. The summed E-state index contributed by atoms with van der Waals surface area (Å²) in [4.78, 5) is 39.3. The van der Waals surface area contributed by atoms with Gasteiger partial charge in [0, 0.05) is 54.6 Å². The largest absolute Gasteiger partial charge is 0.493 e. The maximum Gasteiger partial charge on any atom is 0.293 e. The van der Waals surface area contributed by atoms with Gasteiger partial charge in [-0.25, -0.2) is 31.0 Å². The molecule has 22 heteroatoms. The molecule has 0 saturated heterocycles. The van der Waals surface area contributed by atoms with Crippen LogP contribution in [0.15, 0.2) is 77.7 Å². The van der Waals surface area contributed by atoms with E-state index in [1.54, 1.807) is 24.4 Å². The minimum atomic E-state index is -3.93. The lowest BCUT2D eigenvalue weighted by Gasteiger charge is -2.24. The second-order valence-electron chi connectivity index (χ2n) is 17.2. The number of nitrogens with zero attached hydrogens (tertiary/aromatic N) is 7. The monoisotopic (exact) mass is 973 g/mol. The fourth-order valence-electron chi connectivity index (χ4n) is 9.88. The van der Waals surface area contributed by atoms with Gasteiger partial charge in [-0.2, -0.15) is 19.0 Å². The number of alkyl halides is 4. The summed E-state index contributed by atoms with van der Waals surface area (Å²) in [6.45, 7) is -0.502. The van der Waals surface area contributed by atoms with Crippen LogP contribution in [0, 0.1) is 17.6 Å². The van der Waals surface area contributed by atoms with Gasteiger partial charge < -0.3 is 10.1 Å². The average Bonchev–Trinajstić information content (AvgIpc) is 3.81. The molecule has 68 heavy (non-hydrogen) atoms. The fraction of sp³-hybridized carbons (Fsp3) is 0.261. The van der Waals surface area contributed by atoms with E-state index in [0.717, 1.165) is 33.9 Å². The molecule has 1 aliphatic heterocycles. The number of rotatable bonds is 11. The highest BCUT2D eigenvalue weighted by atomic mass is 35.5. The molecule has 2 aliphatic carbocycles. The van der Waals surface area contributed by atoms with Gasteiger partial charge in [-0.3, -0.25) is 33.2 Å². The number of sulfonamides is 1. The first-order valence-electron chi connectivity index (χ1n) is 21.1. The van der Waals surface area contributed by atoms with E-state index in [-0.39, 0.29) is 61.7 Å². The Bertz CT molecular complexity index is 3640. The van der Waals surface area contributed by atoms with Crippen LogP contribution < -0.4 is 20.3 Å². The molecular formula is C46H34ClF6N9O5S. The number of pyridine rings is 1. The molecular weight excluding hydrogens is 940 g/mol. The Labute approximate surface area is 385 Å². The van der Waals surface area contributed by atoms with Gasteiger partial charge in [0.25, 0.3) is 17.9 Å². The first-order valence-corrected chi connectivity index (χ1v) is 23.4. The molecule has 8 aromatic rings. The van der Waals surface area contributed by atoms with Gasteiger partial charge in [0.1, 0.15) is 41.1 Å². The maximum absolute atomic E-state index is 15.6. The molecule has 2 N–H and O–H groups in total. The van der Waals surface area contributed by atoms with Crippen LogP contribution >= 0.6 is 11.6 Å². The number of hydrogen-bond donors (Lipinski definition) is 2. The minimum absolute atomic E-state index is 0.00923. The van der Waals surface area contributed by atoms with Crippen LogP contribution in [-0.4, -0.2) is 61.3 Å². The number of ether oxygens (including phenoxy) is 1. The zero-order chi connectivity index (χ0) is 47.7. The Kier molecular flexibility index (Phi) is 9.94. The van der Waals surface area contributed by atoms with Gasteiger partial charge in [-0.05, 0) is 83.6 Å². The summed E-state index contributed by atoms with van der Waals surface area (Å²) in [5, 5.41) is 11.8. The molecule has 3 atom stereocenters. The number of hydrogen-bond acceptors (Lipinski definition) is 9. The van der Waals surface area contributed by atoms with E-state index in [1.807, 2.05) is 18.2 Å². The summed E-state index contributed by atoms with van der Waals surface area (Å²) in [6, 6.07) is 14.3. The lowest BCUT2D eigenvalue weighted by atomic mass is 9.96. The number of fused-ring (bicyclic) bond motifs is 5. The molecule has 0 radical (unpaired) electrons. The van der Waals surface area contributed by atoms with Crippen LogP contribution in [0.3, 0.4) is 0 Å². The predicted octanol–water partition coefficient (Wildman–Crippen LogP) is 8.17. The molecule has 1 saturated carbocycles. The maximum atomic E-state index is 15.6. The number of benzene rings is 4. The molecule has 4 aromatic carbocycles. The molecule has 3 aliphatic rings. The fourth-order valence-corrected chi connectivity index (χ4v) is 10.6. The zero-order valence-electron chi connectivity index (χ0n) is 35.5. The number of nitrogens with one attached hydrogen (secondary N) is 2. The molecule has 0 unspecified atom stereocenters. The van der Waals surface area contributed by atoms with Crippen molar-refractivity contribution in [3.8, 4) is 22.6 Å². The van der Waals surface area contributed by atoms with Crippen molar-refractivity contribution in [2.24, 2.45) is 13.0 Å². The SMILES string of the molecule is Cn1nc(NS(C)(=O)=O)c2c(Cl)ccc(-n3c([C@H](Cc4cc(F)cc(F)c4)NC(=O)Cn4nc(C(F)F)c5c4C(F)(F)[C@@H]4C[C@H]54)nc4cc(-c5ccc6c7c(ccnc57)CCO6)ccc4c3=O)c21. The summed E-state index contributed by atoms with van der Waals surface area (Å²) in [5.74, 6) is -8.41. The summed E-state index contributed by atoms with van der Waals surface area (Å²) in [6.07, 6.45) is -0.449. The highest BCUT2D eigenvalue weighted by molar-refractivity contribution is 7.92. The third-order valence-corrected chi connectivity index (χ3v) is 13.6. The number of carbonyl (C=O) groups is 1. The Morgan fingerprint density at radius 1 is 1.01 bits per heavy atom. The Balaban J connectivity index is 1.13. The highest BCUT2D eigenvalue weighted by Gasteiger charge is 2.67. The molecule has 14 nitrogen and oxygen atoms in total. The molecule has 11 rings (SSSR count). The quantitative estimate of drug-likeness (QED) is 0.122. The molecule has 1 amide bonds. The zero-order valence-corrected chi connectivity index (χ0v) is 37.1. The van der Waals surface area contributed by atoms with Crippen LogP contribution in [0.5, 0.6) is 5.75 Å². The van der Waals surface area contributed by atoms with Crippen molar-refractivity contribution in [3.63, 3.8) is 0 Å². The standard InChI is InChI=1S/C46H34ClF6N9O5S/c1-60-40-32(7-6-29(47)37(40)43(58-60)59-68(2,65)66)62-44(56-30-16-22(3-4-26(30)45(62)64)25-5-8-33-35-21(10-12-67-33)9-11-54-38(25)35)31(15-20-13-23(48)17-24(49)14-20)55-34(63)19-61-41-36(39(57-61)42(50)51)27-18-28(27)46(41,52)53/h3-9,11,13-14,16-17,27-28,31,42H,10,12,15,18-19H2,1-2H3,(H,55,63)(H,58,59)/t27-,28+,31-/m0/s1. The van der Waals surface area contributed by atoms with E-state index in [1.165, 1.54) is 23.9 Å². The third kappa shape index (κ3) is 7.12. The van der Waals surface area contributed by atoms with Crippen LogP contribution in [-0.2, 0) is 47.2 Å². The van der Waals surface area contributed by atoms with Crippen molar-refractivity contribution >= 4 is 66.1 Å². The van der Waals surface area contributed by atoms with Crippen molar-refractivity contribution in [3.05, 3.63) is 134 Å². The Morgan fingerprint density at radius 3 is 2.54 bits per heavy atom. The van der Waals surface area contributed by atoms with Gasteiger partial charge in [-0.1, -0.05) is 17.7 Å². The summed E-state index contributed by atoms with van der Waals surface area (Å²) in [5.41, 5.74) is 0.379. The van der Waals surface area contributed by atoms with Gasteiger partial charge in [0.05, 0.1) is 56.9 Å². The van der Waals surface area contributed by atoms with E-state index in [4.69, 9.17) is 21.3 Å². The number of halogens is 7. The first kappa shape index (κ1) is 43.6. The van der Waals surface area contributed by atoms with Gasteiger partial charge >= 0.3 is 0 Å². The van der Waals surface area contributed by atoms with Crippen molar-refractivity contribution < 1.29 is 44.3 Å². The van der Waals surface area contributed by atoms with Crippen molar-refractivity contribution in [1.82, 2.24) is 39.4 Å². The number of carbonyl (C=O) groups excluding carboxylic acids is 1. The molecule has 1 fully saturated rings. The van der Waals surface area contributed by atoms with Gasteiger partial charge in [-0.15, -0.1) is 0 Å². The van der Waals surface area contributed by atoms with Crippen LogP contribution in [0.2, 0.25) is 5.02 Å². The minimum Gasteiger partial charge on any atom is -0.493 e. The van der Waals surface area contributed by atoms with Gasteiger partial charge in [0.2, 0.25) is 15.9 Å². The number of anilines is 1. The number of aryl methyl sites for hydroxylation is 1. The molecule has 0 spiro atoms. The predicted molar refractivity (Wildman–Crippen MR) is 238 cm³/mol. The second kappa shape index (κ2) is 15.5. The average molecular weight is 974 g/mol. The van der Waals surface area contributed by atoms with E-state index in [9.17, 15) is 30.8 Å². The van der Waals surface area contributed by atoms with E-state index in [2.05, 4.69) is 25.2 Å². The smallest absolute Gasteiger partial charge is 0.293 e. The molecule has 4 aromatic heterocycles. The first-order chi connectivity index (χ1) is 32.4. The van der Waals surface area contributed by atoms with E-state index < -0.39 is 87.7 Å². The topological polar surface area (TPSA) is 168 Å². The lowest BCUT2D eigenvalue weighted by molar-refractivity contribution is -0.123. The van der Waals surface area contributed by atoms with Crippen molar-refractivity contribution in [2.45, 2.75) is 50.1 Å². The van der Waals surface area contributed by atoms with Crippen LogP contribution in [0.1, 0.15) is 58.7 Å². The van der Waals surface area contributed by atoms with Crippen molar-refractivity contribution in [1.29, 1.82) is 0 Å². The Morgan fingerprint density at radius 2 is 1.79 bits per heavy atom. The molecule has 0 bridgehead atoms. The summed E-state index contributed by atoms with van der Waals surface area (Å²) >= 11 is 6.69. The van der Waals surface area contributed by atoms with Gasteiger partial charge in [0.15, 0.2) is 5.82 Å². The molecule has 5 heterocycles. The number of amides is 1. The Hall–Kier alpha value is -7.00. The third-order valence-electron chi connectivity index (χ3n) is 12.7. The van der Waals surface area contributed by atoms with Crippen LogP contribution in [0.25, 0.3) is 49.5 Å². The van der Waals surface area contributed by atoms with E-state index in [0.29, 0.717) is 46.2 Å². The van der Waals surface area contributed by atoms with Crippen molar-refractivity contribution in [2.75, 3.05) is 17.6 Å². The normalized spacial score (nSPS) is 17.4. The summed E-state index contributed by atoms with van der Waals surface area (Å²) < 4.78 is 126. The second-order valence-corrected chi connectivity index (χ2v) is 19.3.